The molecule has 3 rings (SSSR count). The number of rotatable bonds is 4. The summed E-state index contributed by atoms with van der Waals surface area (Å²) in [7, 11) is 0. The molecule has 1 N–H and O–H groups in total. The van der Waals surface area contributed by atoms with Crippen LogP contribution in [0, 0.1) is 5.92 Å². The van der Waals surface area contributed by atoms with Gasteiger partial charge in [-0.2, -0.15) is 0 Å². The molecule has 1 aliphatic heterocycles. The molecule has 0 aromatic carbocycles. The van der Waals surface area contributed by atoms with Gasteiger partial charge in [-0.05, 0) is 25.0 Å². The molecule has 5 heteroatoms. The second-order valence-electron chi connectivity index (χ2n) is 5.03. The van der Waals surface area contributed by atoms with Crippen LogP contribution in [0.15, 0.2) is 22.8 Å². The van der Waals surface area contributed by atoms with Crippen molar-refractivity contribution in [3.63, 3.8) is 0 Å². The van der Waals surface area contributed by atoms with E-state index in [9.17, 15) is 9.59 Å². The van der Waals surface area contributed by atoms with Crippen molar-refractivity contribution in [2.75, 3.05) is 13.1 Å². The van der Waals surface area contributed by atoms with Crippen LogP contribution >= 0.6 is 0 Å². The summed E-state index contributed by atoms with van der Waals surface area (Å²) in [5, 5.41) is 2.82. The standard InChI is InChI=1S/C13H16N2O3/c16-12-6-9(8-15(12)10-3-4-10)7-14-13(17)11-2-1-5-18-11/h1-2,5,9-10H,3-4,6-8H2,(H,14,17). The number of hydrogen-bond donors (Lipinski definition) is 1. The fourth-order valence-corrected chi connectivity index (χ4v) is 2.42. The van der Waals surface area contributed by atoms with Gasteiger partial charge in [-0.25, -0.2) is 0 Å². The van der Waals surface area contributed by atoms with Crippen LogP contribution in [0.5, 0.6) is 0 Å². The van der Waals surface area contributed by atoms with Crippen molar-refractivity contribution in [1.29, 1.82) is 0 Å². The molecule has 0 bridgehead atoms. The lowest BCUT2D eigenvalue weighted by Gasteiger charge is -2.15. The van der Waals surface area contributed by atoms with E-state index in [0.29, 0.717) is 24.8 Å². The Hall–Kier alpha value is -1.78. The summed E-state index contributed by atoms with van der Waals surface area (Å²) in [6.45, 7) is 1.32. The zero-order valence-corrected chi connectivity index (χ0v) is 10.1. The van der Waals surface area contributed by atoms with E-state index in [2.05, 4.69) is 5.32 Å². The van der Waals surface area contributed by atoms with Gasteiger partial charge < -0.3 is 14.6 Å². The monoisotopic (exact) mass is 248 g/mol. The van der Waals surface area contributed by atoms with Gasteiger partial charge in [0.1, 0.15) is 0 Å². The van der Waals surface area contributed by atoms with Crippen molar-refractivity contribution < 1.29 is 14.0 Å². The maximum atomic E-state index is 11.7. The minimum Gasteiger partial charge on any atom is -0.459 e. The summed E-state index contributed by atoms with van der Waals surface area (Å²) < 4.78 is 5.01. The van der Waals surface area contributed by atoms with Crippen LogP contribution in [0.3, 0.4) is 0 Å². The molecule has 2 amide bonds. The first-order chi connectivity index (χ1) is 8.74. The van der Waals surface area contributed by atoms with Gasteiger partial charge in [0.05, 0.1) is 6.26 Å². The Morgan fingerprint density at radius 1 is 1.50 bits per heavy atom. The lowest BCUT2D eigenvalue weighted by atomic mass is 10.1. The second kappa shape index (κ2) is 4.48. The van der Waals surface area contributed by atoms with E-state index in [1.54, 1.807) is 12.1 Å². The minimum atomic E-state index is -0.211. The smallest absolute Gasteiger partial charge is 0.286 e. The van der Waals surface area contributed by atoms with Gasteiger partial charge in [-0.3, -0.25) is 9.59 Å². The van der Waals surface area contributed by atoms with Gasteiger partial charge in [0.15, 0.2) is 5.76 Å². The molecular weight excluding hydrogens is 232 g/mol. The normalized spacial score (nSPS) is 23.4. The predicted molar refractivity (Wildman–Crippen MR) is 63.9 cm³/mol. The quantitative estimate of drug-likeness (QED) is 0.865. The first-order valence-corrected chi connectivity index (χ1v) is 6.35. The van der Waals surface area contributed by atoms with Gasteiger partial charge in [0.2, 0.25) is 5.91 Å². The lowest BCUT2D eigenvalue weighted by Crippen LogP contribution is -2.31. The highest BCUT2D eigenvalue weighted by molar-refractivity contribution is 5.91. The molecule has 0 radical (unpaired) electrons. The Kier molecular flexibility index (Phi) is 2.81. The average Bonchev–Trinajstić information content (AvgIpc) is 2.91. The van der Waals surface area contributed by atoms with E-state index < -0.39 is 0 Å². The van der Waals surface area contributed by atoms with Crippen LogP contribution < -0.4 is 5.32 Å². The third-order valence-corrected chi connectivity index (χ3v) is 3.52. The third kappa shape index (κ3) is 2.25. The molecular formula is C13H16N2O3. The molecule has 18 heavy (non-hydrogen) atoms. The van der Waals surface area contributed by atoms with Crippen LogP contribution in [0.1, 0.15) is 29.8 Å². The van der Waals surface area contributed by atoms with E-state index in [1.807, 2.05) is 4.90 Å². The molecule has 1 unspecified atom stereocenters. The molecule has 1 saturated carbocycles. The zero-order chi connectivity index (χ0) is 12.5. The maximum Gasteiger partial charge on any atom is 0.286 e. The number of likely N-dealkylation sites (tertiary alicyclic amines) is 1. The van der Waals surface area contributed by atoms with Crippen molar-refractivity contribution in [3.05, 3.63) is 24.2 Å². The molecule has 1 aromatic rings. The Labute approximate surface area is 105 Å². The number of nitrogens with zero attached hydrogens (tertiary/aromatic N) is 1. The number of amides is 2. The summed E-state index contributed by atoms with van der Waals surface area (Å²) in [4.78, 5) is 25.4. The van der Waals surface area contributed by atoms with E-state index in [4.69, 9.17) is 4.42 Å². The number of furan rings is 1. The van der Waals surface area contributed by atoms with Crippen LogP contribution in [0.2, 0.25) is 0 Å². The average molecular weight is 248 g/mol. The van der Waals surface area contributed by atoms with Crippen LogP contribution in [-0.4, -0.2) is 35.8 Å². The molecule has 2 aliphatic rings. The highest BCUT2D eigenvalue weighted by Gasteiger charge is 2.39. The summed E-state index contributed by atoms with van der Waals surface area (Å²) >= 11 is 0. The minimum absolute atomic E-state index is 0.211. The fraction of sp³-hybridized carbons (Fsp3) is 0.538. The number of hydrogen-bond acceptors (Lipinski definition) is 3. The molecule has 1 saturated heterocycles. The van der Waals surface area contributed by atoms with Crippen LogP contribution in [0.25, 0.3) is 0 Å². The SMILES string of the molecule is O=C(NCC1CC(=O)N(C2CC2)C1)c1ccco1. The predicted octanol–water partition coefficient (Wildman–Crippen LogP) is 1.02. The topological polar surface area (TPSA) is 62.6 Å². The zero-order valence-electron chi connectivity index (χ0n) is 10.1. The molecule has 1 aromatic heterocycles. The molecule has 2 fully saturated rings. The number of nitrogens with one attached hydrogen (secondary N) is 1. The van der Waals surface area contributed by atoms with Gasteiger partial charge in [-0.1, -0.05) is 0 Å². The maximum absolute atomic E-state index is 11.7. The van der Waals surface area contributed by atoms with E-state index >= 15 is 0 Å². The number of carbonyl (C=O) groups excluding carboxylic acids is 2. The molecule has 1 aliphatic carbocycles. The van der Waals surface area contributed by atoms with Crippen LogP contribution in [-0.2, 0) is 4.79 Å². The Morgan fingerprint density at radius 3 is 3.00 bits per heavy atom. The molecule has 2 heterocycles. The highest BCUT2D eigenvalue weighted by Crippen LogP contribution is 2.32. The summed E-state index contributed by atoms with van der Waals surface area (Å²) in [5.74, 6) is 0.572. The Morgan fingerprint density at radius 2 is 2.33 bits per heavy atom. The fourth-order valence-electron chi connectivity index (χ4n) is 2.42. The van der Waals surface area contributed by atoms with Crippen molar-refractivity contribution in [2.24, 2.45) is 5.92 Å². The van der Waals surface area contributed by atoms with Gasteiger partial charge >= 0.3 is 0 Å². The Bertz CT molecular complexity index is 451. The van der Waals surface area contributed by atoms with E-state index in [1.165, 1.54) is 6.26 Å². The molecule has 96 valence electrons. The van der Waals surface area contributed by atoms with E-state index in [-0.39, 0.29) is 17.7 Å². The van der Waals surface area contributed by atoms with Gasteiger partial charge in [0, 0.05) is 31.5 Å². The van der Waals surface area contributed by atoms with Crippen molar-refractivity contribution in [1.82, 2.24) is 10.2 Å². The lowest BCUT2D eigenvalue weighted by molar-refractivity contribution is -0.128. The van der Waals surface area contributed by atoms with E-state index in [0.717, 1.165) is 19.4 Å². The molecule has 5 nitrogen and oxygen atoms in total. The first kappa shape index (κ1) is 11.3. The van der Waals surface area contributed by atoms with Crippen LogP contribution in [0.4, 0.5) is 0 Å². The first-order valence-electron chi connectivity index (χ1n) is 6.35. The summed E-state index contributed by atoms with van der Waals surface area (Å²) in [5.41, 5.74) is 0. The largest absolute Gasteiger partial charge is 0.459 e. The molecule has 1 atom stereocenters. The molecule has 0 spiro atoms. The van der Waals surface area contributed by atoms with Gasteiger partial charge in [-0.15, -0.1) is 0 Å². The summed E-state index contributed by atoms with van der Waals surface area (Å²) in [6.07, 6.45) is 4.30. The number of carbonyl (C=O) groups is 2. The van der Waals surface area contributed by atoms with Crippen molar-refractivity contribution in [3.8, 4) is 0 Å². The van der Waals surface area contributed by atoms with Crippen molar-refractivity contribution >= 4 is 11.8 Å². The highest BCUT2D eigenvalue weighted by atomic mass is 16.3. The van der Waals surface area contributed by atoms with Crippen molar-refractivity contribution in [2.45, 2.75) is 25.3 Å². The second-order valence-corrected chi connectivity index (χ2v) is 5.03. The Balaban J connectivity index is 1.49. The third-order valence-electron chi connectivity index (χ3n) is 3.52. The van der Waals surface area contributed by atoms with Gasteiger partial charge in [0.25, 0.3) is 5.91 Å². The summed E-state index contributed by atoms with van der Waals surface area (Å²) in [6, 6.07) is 3.79.